The second-order valence-corrected chi connectivity index (χ2v) is 18.8. The number of hydrogen-bond donors (Lipinski definition) is 2. The summed E-state index contributed by atoms with van der Waals surface area (Å²) in [5, 5.41) is 3.42. The zero-order chi connectivity index (χ0) is 42.3. The van der Waals surface area contributed by atoms with Crippen molar-refractivity contribution < 1.29 is 32.3 Å². The molecule has 9 nitrogen and oxygen atoms in total. The van der Waals surface area contributed by atoms with Gasteiger partial charge in [-0.15, -0.1) is 0 Å². The molecule has 0 radical (unpaired) electrons. The number of likely N-dealkylation sites (tertiary alicyclic amines) is 1. The predicted octanol–water partition coefficient (Wildman–Crippen LogP) is 8.42. The van der Waals surface area contributed by atoms with E-state index < -0.39 is 24.3 Å². The second kappa shape index (κ2) is 15.3. The van der Waals surface area contributed by atoms with E-state index in [-0.39, 0.29) is 72.5 Å². The number of nitrogens with one attached hydrogen (secondary N) is 2. The lowest BCUT2D eigenvalue weighted by molar-refractivity contribution is -0.136. The molecule has 10 rings (SSSR count). The second-order valence-electron chi connectivity index (χ2n) is 18.8. The molecule has 2 saturated heterocycles. The van der Waals surface area contributed by atoms with Gasteiger partial charge in [0, 0.05) is 78.4 Å². The maximum Gasteiger partial charge on any atom is 0.259 e. The molecule has 2 aliphatic carbocycles. The number of imide groups is 1. The number of nitrogens with zero attached hydrogens (tertiary/aromatic N) is 3. The van der Waals surface area contributed by atoms with Gasteiger partial charge < -0.3 is 9.88 Å². The summed E-state index contributed by atoms with van der Waals surface area (Å²) in [5.74, 6) is -1.95. The van der Waals surface area contributed by atoms with Crippen LogP contribution in [-0.2, 0) is 33.9 Å². The topological polar surface area (TPSA) is 106 Å². The lowest BCUT2D eigenvalue weighted by Gasteiger charge is -2.46. The van der Waals surface area contributed by atoms with Crippen molar-refractivity contribution in [2.45, 2.75) is 109 Å². The molecule has 3 fully saturated rings. The zero-order valence-corrected chi connectivity index (χ0v) is 34.6. The molecule has 318 valence electrons. The molecule has 2 N–H and O–H groups in total. The van der Waals surface area contributed by atoms with Crippen molar-refractivity contribution in [3.05, 3.63) is 112 Å². The first-order chi connectivity index (χ1) is 29.4. The number of rotatable bonds is 7. The highest BCUT2D eigenvalue weighted by atomic mass is 19.3. The van der Waals surface area contributed by atoms with E-state index in [0.717, 1.165) is 77.4 Å². The summed E-state index contributed by atoms with van der Waals surface area (Å²) in [6.45, 7) is 9.00. The van der Waals surface area contributed by atoms with Gasteiger partial charge in [0.1, 0.15) is 11.9 Å². The molecule has 4 atom stereocenters. The Labute approximate surface area is 353 Å². The lowest BCUT2D eigenvalue weighted by atomic mass is 9.64. The van der Waals surface area contributed by atoms with Crippen LogP contribution in [0.2, 0.25) is 0 Å². The Balaban J connectivity index is 0.747. The molecular weight excluding hydrogens is 780 g/mol. The predicted molar refractivity (Wildman–Crippen MR) is 225 cm³/mol. The number of fused-ring (bicyclic) bond motifs is 5. The highest BCUT2D eigenvalue weighted by Gasteiger charge is 2.44. The highest BCUT2D eigenvalue weighted by molar-refractivity contribution is 6.12. The first kappa shape index (κ1) is 39.9. The van der Waals surface area contributed by atoms with Crippen LogP contribution >= 0.6 is 0 Å². The normalized spacial score (nSPS) is 25.4. The van der Waals surface area contributed by atoms with Crippen LogP contribution in [0.3, 0.4) is 0 Å². The van der Waals surface area contributed by atoms with Gasteiger partial charge in [-0.05, 0) is 127 Å². The van der Waals surface area contributed by atoms with Gasteiger partial charge in [-0.25, -0.2) is 13.2 Å². The van der Waals surface area contributed by atoms with Crippen molar-refractivity contribution in [1.29, 1.82) is 0 Å². The third kappa shape index (κ3) is 6.98. The Morgan fingerprint density at radius 2 is 1.66 bits per heavy atom. The molecule has 4 aromatic rings. The van der Waals surface area contributed by atoms with Crippen LogP contribution in [0.25, 0.3) is 16.6 Å². The summed E-state index contributed by atoms with van der Waals surface area (Å²) in [6.07, 6.45) is 4.22. The summed E-state index contributed by atoms with van der Waals surface area (Å²) in [7, 11) is 0. The first-order valence-corrected chi connectivity index (χ1v) is 22.1. The van der Waals surface area contributed by atoms with Gasteiger partial charge in [0.25, 0.3) is 5.91 Å². The van der Waals surface area contributed by atoms with E-state index in [0.29, 0.717) is 55.0 Å². The van der Waals surface area contributed by atoms with Crippen LogP contribution in [-0.4, -0.2) is 75.4 Å². The van der Waals surface area contributed by atoms with E-state index in [9.17, 15) is 28.0 Å². The van der Waals surface area contributed by atoms with E-state index in [1.807, 2.05) is 54.3 Å². The fourth-order valence-electron chi connectivity index (χ4n) is 12.0. The maximum absolute atomic E-state index is 16.4. The molecule has 4 aliphatic heterocycles. The van der Waals surface area contributed by atoms with E-state index in [1.54, 1.807) is 6.07 Å². The van der Waals surface area contributed by atoms with Gasteiger partial charge in [-0.3, -0.25) is 34.3 Å². The average molecular weight is 832 g/mol. The van der Waals surface area contributed by atoms with Crippen molar-refractivity contribution in [3.63, 3.8) is 0 Å². The number of para-hydroxylation sites is 1. The molecule has 12 heteroatoms. The summed E-state index contributed by atoms with van der Waals surface area (Å²) in [6, 6.07) is 16.7. The summed E-state index contributed by atoms with van der Waals surface area (Å²) in [5.41, 5.74) is 8.28. The minimum atomic E-state index is -2.47. The third-order valence-electron chi connectivity index (χ3n) is 15.4. The molecule has 5 heterocycles. The number of hydrogen-bond acceptors (Lipinski definition) is 5. The number of piperidine rings is 2. The van der Waals surface area contributed by atoms with Crippen molar-refractivity contribution in [1.82, 2.24) is 25.0 Å². The third-order valence-corrected chi connectivity index (χ3v) is 15.4. The van der Waals surface area contributed by atoms with Crippen LogP contribution in [0, 0.1) is 23.1 Å². The van der Waals surface area contributed by atoms with Gasteiger partial charge >= 0.3 is 0 Å². The molecular formula is C49H52F3N5O4. The summed E-state index contributed by atoms with van der Waals surface area (Å²) < 4.78 is 44.3. The van der Waals surface area contributed by atoms with Gasteiger partial charge in [0.2, 0.25) is 24.1 Å². The van der Waals surface area contributed by atoms with Crippen molar-refractivity contribution in [2.24, 2.45) is 17.3 Å². The van der Waals surface area contributed by atoms with Crippen molar-refractivity contribution in [2.75, 3.05) is 19.6 Å². The largest absolute Gasteiger partial charge is 0.358 e. The Morgan fingerprint density at radius 3 is 2.36 bits per heavy atom. The fourth-order valence-corrected chi connectivity index (χ4v) is 12.0. The number of carbonyl (C=O) groups excluding carboxylic acids is 4. The minimum Gasteiger partial charge on any atom is -0.358 e. The number of carbonyl (C=O) groups is 4. The van der Waals surface area contributed by atoms with E-state index in [4.69, 9.17) is 0 Å². The van der Waals surface area contributed by atoms with Crippen LogP contribution in [0.15, 0.2) is 61.2 Å². The first-order valence-electron chi connectivity index (χ1n) is 22.1. The molecule has 1 saturated carbocycles. The number of alkyl halides is 2. The molecule has 0 bridgehead atoms. The Hall–Kier alpha value is -5.23. The number of H-pyrrole nitrogens is 1. The molecule has 61 heavy (non-hydrogen) atoms. The fraction of sp³-hybridized carbons (Fsp3) is 0.469. The van der Waals surface area contributed by atoms with E-state index >= 15 is 4.39 Å². The minimum absolute atomic E-state index is 0.0168. The Bertz CT molecular complexity index is 2430. The Morgan fingerprint density at radius 1 is 0.934 bits per heavy atom. The van der Waals surface area contributed by atoms with E-state index in [1.165, 1.54) is 4.90 Å². The van der Waals surface area contributed by atoms with Crippen LogP contribution < -0.4 is 5.32 Å². The Kier molecular flexibility index (Phi) is 10.00. The lowest BCUT2D eigenvalue weighted by Crippen LogP contribution is -2.52. The number of halogens is 3. The van der Waals surface area contributed by atoms with Crippen molar-refractivity contribution >= 4 is 40.2 Å². The number of aromatic amines is 1. The maximum atomic E-state index is 16.4. The SMILES string of the molecule is C=C1c2cc3c(cc2C(=O)N1C1CCC(=O)NC1=O)CN(CC(=O)N1CCC2(CCC(c4ccc(C5c6[nH]c7ccccc7c6C[C@@H](C)C5CC(F)F)c(F)c4)CC2)CC1)C3. The quantitative estimate of drug-likeness (QED) is 0.182. The van der Waals surface area contributed by atoms with Gasteiger partial charge in [0.05, 0.1) is 6.54 Å². The molecule has 1 aromatic heterocycles. The van der Waals surface area contributed by atoms with Gasteiger partial charge in [-0.1, -0.05) is 43.8 Å². The molecule has 6 aliphatic rings. The zero-order valence-electron chi connectivity index (χ0n) is 34.6. The smallest absolute Gasteiger partial charge is 0.259 e. The highest BCUT2D eigenvalue weighted by Crippen LogP contribution is 2.51. The number of benzene rings is 3. The summed E-state index contributed by atoms with van der Waals surface area (Å²) in [4.78, 5) is 60.4. The number of aromatic nitrogens is 1. The van der Waals surface area contributed by atoms with E-state index in [2.05, 4.69) is 27.8 Å². The van der Waals surface area contributed by atoms with Crippen LogP contribution in [0.5, 0.6) is 0 Å². The molecule has 3 unspecified atom stereocenters. The molecule has 3 aromatic carbocycles. The summed E-state index contributed by atoms with van der Waals surface area (Å²) >= 11 is 0. The van der Waals surface area contributed by atoms with Crippen LogP contribution in [0.4, 0.5) is 13.2 Å². The molecule has 1 spiro atoms. The number of amides is 4. The standard InChI is InChI=1S/C49H52F3N5O4/c1-27-19-37-33-5-3-4-6-40(33)53-46(37)45(35(27)23-42(51)52)34-8-7-30(22-39(34)50)29-11-13-49(14-12-29)15-17-56(18-16-49)44(59)26-55-24-31-20-36-28(2)57(41-9-10-43(58)54-47(41)60)48(61)38(36)21-32(31)25-55/h3-8,20-22,27,29,35,41-42,45,53H,2,9-19,23-26H2,1H3,(H,54,58,60)/t27-,35?,41?,45?/m1/s1. The van der Waals surface area contributed by atoms with Crippen molar-refractivity contribution in [3.8, 4) is 0 Å². The van der Waals surface area contributed by atoms with Gasteiger partial charge in [0.15, 0.2) is 0 Å². The average Bonchev–Trinajstić information content (AvgIpc) is 3.88. The monoisotopic (exact) mass is 831 g/mol. The van der Waals surface area contributed by atoms with Gasteiger partial charge in [-0.2, -0.15) is 0 Å². The molecule has 4 amide bonds. The van der Waals surface area contributed by atoms with Crippen LogP contribution in [0.1, 0.15) is 126 Å².